The van der Waals surface area contributed by atoms with Crippen molar-refractivity contribution in [1.82, 2.24) is 0 Å². The van der Waals surface area contributed by atoms with Crippen molar-refractivity contribution in [2.45, 2.75) is 58.3 Å². The van der Waals surface area contributed by atoms with Crippen molar-refractivity contribution in [2.24, 2.45) is 0 Å². The molecule has 0 amide bonds. The molecule has 0 bridgehead atoms. The summed E-state index contributed by atoms with van der Waals surface area (Å²) in [5.41, 5.74) is 1.27. The van der Waals surface area contributed by atoms with Crippen LogP contribution in [0.5, 0.6) is 5.75 Å². The van der Waals surface area contributed by atoms with Gasteiger partial charge in [0.25, 0.3) is 0 Å². The zero-order valence-corrected chi connectivity index (χ0v) is 30.9. The number of aliphatic hydroxyl groups is 15. The average Bonchev–Trinajstić information content (AvgIpc) is 3.20. The van der Waals surface area contributed by atoms with Crippen LogP contribution in [0.2, 0.25) is 0 Å². The Kier molecular flexibility index (Phi) is 87.2. The van der Waals surface area contributed by atoms with E-state index in [-0.39, 0.29) is 111 Å². The number of hydrogen-bond donors (Lipinski definition) is 15. The molecule has 15 N–H and O–H groups in total. The molecule has 0 aliphatic carbocycles. The molecule has 0 aliphatic rings. The van der Waals surface area contributed by atoms with Gasteiger partial charge >= 0.3 is 5.97 Å². The minimum absolute atomic E-state index is 0.0569. The lowest BCUT2D eigenvalue weighted by molar-refractivity contribution is -0.142. The van der Waals surface area contributed by atoms with E-state index >= 15 is 0 Å². The van der Waals surface area contributed by atoms with Crippen LogP contribution in [0.15, 0.2) is 36.6 Å². The Morgan fingerprint density at radius 3 is 1.08 bits per heavy atom. The van der Waals surface area contributed by atoms with E-state index in [0.717, 1.165) is 6.42 Å². The molecule has 0 radical (unpaired) electrons. The van der Waals surface area contributed by atoms with E-state index in [4.69, 9.17) is 86.1 Å². The number of unbranched alkanes of at least 4 members (excludes halogenated alkanes) is 6. The van der Waals surface area contributed by atoms with E-state index in [1.54, 1.807) is 0 Å². The number of aryl methyl sites for hydroxylation is 1. The highest BCUT2D eigenvalue weighted by atomic mass is 16.6. The van der Waals surface area contributed by atoms with Gasteiger partial charge in [-0.3, -0.25) is 0 Å². The molecule has 18 nitrogen and oxygen atoms in total. The van der Waals surface area contributed by atoms with E-state index in [9.17, 15) is 4.79 Å². The fraction of sp³-hybridized carbons (Fsp3) is 0.735. The van der Waals surface area contributed by atoms with Crippen LogP contribution in [0.3, 0.4) is 0 Å². The van der Waals surface area contributed by atoms with E-state index in [1.807, 2.05) is 24.3 Å². The number of hydrogen-bond acceptors (Lipinski definition) is 18. The van der Waals surface area contributed by atoms with Gasteiger partial charge in [0.15, 0.2) is 0 Å². The molecular weight excluding hydrogens is 696 g/mol. The van der Waals surface area contributed by atoms with Crippen molar-refractivity contribution in [1.29, 1.82) is 0 Å². The maximum atomic E-state index is 11.5. The lowest BCUT2D eigenvalue weighted by Gasteiger charge is -2.09. The van der Waals surface area contributed by atoms with Gasteiger partial charge in [0.05, 0.1) is 99.1 Å². The molecule has 0 heterocycles. The Morgan fingerprint density at radius 2 is 0.788 bits per heavy atom. The largest absolute Gasteiger partial charge is 0.457 e. The zero-order chi connectivity index (χ0) is 41.5. The topological polar surface area (TPSA) is 339 Å². The third kappa shape index (κ3) is 81.6. The number of rotatable bonds is 20. The van der Waals surface area contributed by atoms with Crippen molar-refractivity contribution in [3.8, 4) is 5.75 Å². The molecule has 1 aromatic rings. The highest BCUT2D eigenvalue weighted by Crippen LogP contribution is 2.17. The van der Waals surface area contributed by atoms with Crippen molar-refractivity contribution < 1.29 is 90.9 Å². The fourth-order valence-electron chi connectivity index (χ4n) is 2.41. The molecule has 0 unspecified atom stereocenters. The second-order valence-corrected chi connectivity index (χ2v) is 9.03. The van der Waals surface area contributed by atoms with Gasteiger partial charge in [-0.1, -0.05) is 57.6 Å². The van der Waals surface area contributed by atoms with Gasteiger partial charge in [-0.15, -0.1) is 0 Å². The monoisotopic (exact) mass is 768 g/mol. The van der Waals surface area contributed by atoms with Gasteiger partial charge in [-0.2, -0.15) is 0 Å². The number of carbonyl (C=O) groups excluding carboxylic acids is 1. The maximum absolute atomic E-state index is 11.5. The number of ether oxygens (including phenoxy) is 2. The fourth-order valence-corrected chi connectivity index (χ4v) is 2.41. The molecule has 0 aliphatic heterocycles. The Hall–Kier alpha value is -2.37. The number of benzene rings is 1. The van der Waals surface area contributed by atoms with Crippen LogP contribution < -0.4 is 4.74 Å². The van der Waals surface area contributed by atoms with Crippen molar-refractivity contribution in [3.05, 3.63) is 42.2 Å². The first-order valence-corrected chi connectivity index (χ1v) is 16.8. The number of aliphatic hydroxyl groups excluding tert-OH is 15. The second kappa shape index (κ2) is 70.2. The lowest BCUT2D eigenvalue weighted by Crippen LogP contribution is -2.14. The molecule has 0 spiro atoms. The summed E-state index contributed by atoms with van der Waals surface area (Å²) in [6.07, 6.45) is 10.2. The standard InChI is InChI=1S/C20H30O4.7C2H6O2/c1-3-4-5-6-7-8-9-10-18-11-13-19(14-12-18)24-17(2)20(22)23-16-15-21;7*3-1-2-4/h11-14,21H,2-10,15-16H2,1H3;7*3-4H,1-2H2. The molecule has 316 valence electrons. The van der Waals surface area contributed by atoms with Crippen LogP contribution >= 0.6 is 0 Å². The first kappa shape index (κ1) is 64.6. The summed E-state index contributed by atoms with van der Waals surface area (Å²) in [5, 5.41) is 115. The number of esters is 1. The Morgan fingerprint density at radius 1 is 0.481 bits per heavy atom. The van der Waals surface area contributed by atoms with Gasteiger partial charge in [0, 0.05) is 0 Å². The SMILES string of the molecule is C=C(Oc1ccc(CCCCCCCCC)cc1)C(=O)OCCO.OCCO.OCCO.OCCO.OCCO.OCCO.OCCO.OCCO. The third-order valence-corrected chi connectivity index (χ3v) is 4.49. The molecule has 0 atom stereocenters. The van der Waals surface area contributed by atoms with Crippen LogP contribution in [0, 0.1) is 0 Å². The minimum Gasteiger partial charge on any atom is -0.457 e. The molecule has 1 rings (SSSR count). The summed E-state index contributed by atoms with van der Waals surface area (Å²) in [6.45, 7) is 3.75. The van der Waals surface area contributed by atoms with Crippen molar-refractivity contribution >= 4 is 5.97 Å². The molecule has 52 heavy (non-hydrogen) atoms. The summed E-state index contributed by atoms with van der Waals surface area (Å²) < 4.78 is 10.1. The molecular formula is C34H72O18. The van der Waals surface area contributed by atoms with Crippen molar-refractivity contribution in [3.63, 3.8) is 0 Å². The first-order valence-electron chi connectivity index (χ1n) is 16.8. The average molecular weight is 769 g/mol. The van der Waals surface area contributed by atoms with Gasteiger partial charge in [0.2, 0.25) is 5.76 Å². The van der Waals surface area contributed by atoms with Crippen LogP contribution in [0.25, 0.3) is 0 Å². The van der Waals surface area contributed by atoms with Gasteiger partial charge in [-0.05, 0) is 37.1 Å². The Bertz CT molecular complexity index is 659. The Labute approximate surface area is 308 Å². The summed E-state index contributed by atoms with van der Waals surface area (Å²) in [6, 6.07) is 7.69. The van der Waals surface area contributed by atoms with Gasteiger partial charge in [0.1, 0.15) is 12.4 Å². The van der Waals surface area contributed by atoms with E-state index in [0.29, 0.717) is 5.75 Å². The van der Waals surface area contributed by atoms with E-state index < -0.39 is 5.97 Å². The zero-order valence-electron chi connectivity index (χ0n) is 30.9. The second-order valence-electron chi connectivity index (χ2n) is 9.03. The Balaban J connectivity index is -0.000000117. The maximum Gasteiger partial charge on any atom is 0.373 e. The minimum atomic E-state index is -0.656. The van der Waals surface area contributed by atoms with E-state index in [2.05, 4.69) is 13.5 Å². The molecule has 0 saturated carbocycles. The molecule has 1 aromatic carbocycles. The quantitative estimate of drug-likeness (QED) is 0.0276. The number of carbonyl (C=O) groups is 1. The van der Waals surface area contributed by atoms with Crippen LogP contribution in [-0.4, -0.2) is 188 Å². The summed E-state index contributed by atoms with van der Waals surface area (Å²) in [7, 11) is 0. The van der Waals surface area contributed by atoms with Crippen LogP contribution in [0.1, 0.15) is 57.4 Å². The third-order valence-electron chi connectivity index (χ3n) is 4.49. The lowest BCUT2D eigenvalue weighted by atomic mass is 10.0. The molecule has 18 heteroatoms. The van der Waals surface area contributed by atoms with Gasteiger partial charge < -0.3 is 86.1 Å². The van der Waals surface area contributed by atoms with Crippen LogP contribution in [0.4, 0.5) is 0 Å². The van der Waals surface area contributed by atoms with Crippen LogP contribution in [-0.2, 0) is 16.0 Å². The molecule has 0 saturated heterocycles. The molecule has 0 aromatic heterocycles. The van der Waals surface area contributed by atoms with E-state index in [1.165, 1.54) is 50.5 Å². The predicted octanol–water partition coefficient (Wildman–Crippen LogP) is -2.80. The highest BCUT2D eigenvalue weighted by molar-refractivity contribution is 5.86. The van der Waals surface area contributed by atoms with Crippen molar-refractivity contribution in [2.75, 3.05) is 106 Å². The summed E-state index contributed by atoms with van der Waals surface area (Å²) in [4.78, 5) is 11.5. The predicted molar refractivity (Wildman–Crippen MR) is 195 cm³/mol. The normalized spacial score (nSPS) is 8.85. The summed E-state index contributed by atoms with van der Waals surface area (Å²) in [5.74, 6) is -0.177. The molecule has 0 fully saturated rings. The first-order chi connectivity index (χ1) is 25.1. The highest BCUT2D eigenvalue weighted by Gasteiger charge is 2.10. The summed E-state index contributed by atoms with van der Waals surface area (Å²) >= 11 is 0. The smallest absolute Gasteiger partial charge is 0.373 e. The van der Waals surface area contributed by atoms with Gasteiger partial charge in [-0.25, -0.2) is 4.79 Å².